The molecule has 2 saturated heterocycles. The monoisotopic (exact) mass is 235 g/mol. The van der Waals surface area contributed by atoms with Gasteiger partial charge in [0, 0.05) is 19.6 Å². The number of carbonyl (C=O) groups is 3. The van der Waals surface area contributed by atoms with Gasteiger partial charge in [0.2, 0.25) is 17.7 Å². The van der Waals surface area contributed by atoms with E-state index in [0.717, 1.165) is 0 Å². The van der Waals surface area contributed by atoms with Crippen molar-refractivity contribution in [1.82, 2.24) is 9.80 Å². The molecule has 0 spiro atoms. The van der Waals surface area contributed by atoms with Crippen molar-refractivity contribution in [3.8, 4) is 6.07 Å². The van der Waals surface area contributed by atoms with Gasteiger partial charge in [-0.15, -0.1) is 0 Å². The van der Waals surface area contributed by atoms with Gasteiger partial charge >= 0.3 is 0 Å². The van der Waals surface area contributed by atoms with Gasteiger partial charge in [0.1, 0.15) is 6.42 Å². The Morgan fingerprint density at radius 1 is 1.35 bits per heavy atom. The molecule has 0 aliphatic carbocycles. The Bertz CT molecular complexity index is 402. The van der Waals surface area contributed by atoms with E-state index >= 15 is 0 Å². The van der Waals surface area contributed by atoms with E-state index in [-0.39, 0.29) is 37.2 Å². The first-order chi connectivity index (χ1) is 8.10. The minimum atomic E-state index is -0.398. The summed E-state index contributed by atoms with van der Waals surface area (Å²) in [6, 6.07) is 1.78. The second-order valence-electron chi connectivity index (χ2n) is 4.27. The molecule has 0 saturated carbocycles. The average Bonchev–Trinajstić information content (AvgIpc) is 2.81. The van der Waals surface area contributed by atoms with Crippen LogP contribution in [0.15, 0.2) is 0 Å². The molecule has 6 heteroatoms. The molecule has 2 rings (SSSR count). The Morgan fingerprint density at radius 3 is 2.29 bits per heavy atom. The van der Waals surface area contributed by atoms with Crippen molar-refractivity contribution in [3.63, 3.8) is 0 Å². The predicted octanol–water partition coefficient (Wildman–Crippen LogP) is -0.637. The molecule has 0 aromatic heterocycles. The fraction of sp³-hybridized carbons (Fsp3) is 0.636. The molecule has 6 nitrogen and oxygen atoms in total. The first kappa shape index (κ1) is 11.6. The summed E-state index contributed by atoms with van der Waals surface area (Å²) in [5.74, 6) is -1.47. The van der Waals surface area contributed by atoms with Crippen molar-refractivity contribution < 1.29 is 14.4 Å². The molecule has 2 aliphatic heterocycles. The van der Waals surface area contributed by atoms with E-state index in [0.29, 0.717) is 6.54 Å². The van der Waals surface area contributed by atoms with Crippen LogP contribution < -0.4 is 0 Å². The number of hydrogen-bond acceptors (Lipinski definition) is 4. The van der Waals surface area contributed by atoms with Gasteiger partial charge in [-0.3, -0.25) is 19.3 Å². The second-order valence-corrected chi connectivity index (χ2v) is 4.27. The molecule has 90 valence electrons. The zero-order chi connectivity index (χ0) is 12.6. The van der Waals surface area contributed by atoms with E-state index < -0.39 is 11.8 Å². The molecule has 2 fully saturated rings. The van der Waals surface area contributed by atoms with Gasteiger partial charge in [-0.2, -0.15) is 5.26 Å². The summed E-state index contributed by atoms with van der Waals surface area (Å²) >= 11 is 0. The summed E-state index contributed by atoms with van der Waals surface area (Å²) in [4.78, 5) is 37.9. The van der Waals surface area contributed by atoms with Gasteiger partial charge in [0.05, 0.1) is 17.9 Å². The minimum absolute atomic E-state index is 0.185. The quantitative estimate of drug-likeness (QED) is 0.596. The molecular formula is C11H13N3O3. The number of rotatable bonds is 2. The van der Waals surface area contributed by atoms with Gasteiger partial charge in [-0.1, -0.05) is 0 Å². The van der Waals surface area contributed by atoms with Crippen molar-refractivity contribution in [2.24, 2.45) is 11.8 Å². The third kappa shape index (κ3) is 1.68. The number of amides is 3. The number of carbonyl (C=O) groups excluding carboxylic acids is 3. The third-order valence-corrected chi connectivity index (χ3v) is 3.39. The minimum Gasteiger partial charge on any atom is -0.340 e. The number of likely N-dealkylation sites (tertiary alicyclic amines) is 2. The standard InChI is InChI=1S/C11H13N3O3/c1-2-14-10(16)7-5-13(9(15)3-4-12)6-8(7)11(14)17/h7-8H,2-3,5-6H2,1H3. The van der Waals surface area contributed by atoms with Crippen LogP contribution in [0.25, 0.3) is 0 Å². The Labute approximate surface area is 98.8 Å². The molecular weight excluding hydrogens is 222 g/mol. The molecule has 2 atom stereocenters. The largest absolute Gasteiger partial charge is 0.340 e. The highest BCUT2D eigenvalue weighted by Gasteiger charge is 2.52. The second kappa shape index (κ2) is 4.17. The summed E-state index contributed by atoms with van der Waals surface area (Å²) in [7, 11) is 0. The smallest absolute Gasteiger partial charge is 0.236 e. The first-order valence-corrected chi connectivity index (χ1v) is 5.60. The van der Waals surface area contributed by atoms with Crippen LogP contribution in [-0.2, 0) is 14.4 Å². The van der Waals surface area contributed by atoms with Crippen LogP contribution in [0.3, 0.4) is 0 Å². The van der Waals surface area contributed by atoms with Gasteiger partial charge < -0.3 is 4.90 Å². The Morgan fingerprint density at radius 2 is 1.88 bits per heavy atom. The van der Waals surface area contributed by atoms with Crippen LogP contribution in [0, 0.1) is 23.2 Å². The number of imide groups is 1. The zero-order valence-corrected chi connectivity index (χ0v) is 9.55. The topological polar surface area (TPSA) is 81.5 Å². The van der Waals surface area contributed by atoms with Crippen LogP contribution in [0.2, 0.25) is 0 Å². The summed E-state index contributed by atoms with van der Waals surface area (Å²) in [5.41, 5.74) is 0. The van der Waals surface area contributed by atoms with Crippen LogP contribution in [0.1, 0.15) is 13.3 Å². The highest BCUT2D eigenvalue weighted by atomic mass is 16.2. The van der Waals surface area contributed by atoms with Gasteiger partial charge in [0.25, 0.3) is 0 Å². The lowest BCUT2D eigenvalue weighted by Gasteiger charge is -2.18. The van der Waals surface area contributed by atoms with E-state index in [1.165, 1.54) is 9.80 Å². The molecule has 0 N–H and O–H groups in total. The van der Waals surface area contributed by atoms with Crippen molar-refractivity contribution in [2.75, 3.05) is 19.6 Å². The maximum absolute atomic E-state index is 11.9. The molecule has 2 unspecified atom stereocenters. The zero-order valence-electron chi connectivity index (χ0n) is 9.55. The summed E-state index contributed by atoms with van der Waals surface area (Å²) in [5, 5.41) is 8.44. The molecule has 17 heavy (non-hydrogen) atoms. The molecule has 2 aliphatic rings. The fourth-order valence-corrected chi connectivity index (χ4v) is 2.51. The average molecular weight is 235 g/mol. The van der Waals surface area contributed by atoms with E-state index in [1.807, 2.05) is 0 Å². The summed E-state index contributed by atoms with van der Waals surface area (Å²) < 4.78 is 0. The molecule has 3 amide bonds. The van der Waals surface area contributed by atoms with E-state index in [1.54, 1.807) is 13.0 Å². The lowest BCUT2D eigenvalue weighted by molar-refractivity contribution is -0.140. The van der Waals surface area contributed by atoms with Crippen molar-refractivity contribution >= 4 is 17.7 Å². The maximum Gasteiger partial charge on any atom is 0.236 e. The molecule has 0 aromatic rings. The molecule has 2 heterocycles. The van der Waals surface area contributed by atoms with E-state index in [9.17, 15) is 14.4 Å². The van der Waals surface area contributed by atoms with Crippen LogP contribution >= 0.6 is 0 Å². The lowest BCUT2D eigenvalue weighted by Crippen LogP contribution is -2.37. The van der Waals surface area contributed by atoms with E-state index in [4.69, 9.17) is 5.26 Å². The van der Waals surface area contributed by atoms with Crippen molar-refractivity contribution in [3.05, 3.63) is 0 Å². The number of nitriles is 1. The summed E-state index contributed by atoms with van der Waals surface area (Å²) in [6.07, 6.45) is -0.195. The lowest BCUT2D eigenvalue weighted by atomic mass is 10.00. The van der Waals surface area contributed by atoms with Gasteiger partial charge in [0.15, 0.2) is 0 Å². The Hall–Kier alpha value is -1.90. The number of nitrogens with zero attached hydrogens (tertiary/aromatic N) is 3. The number of fused-ring (bicyclic) bond motifs is 1. The van der Waals surface area contributed by atoms with Crippen LogP contribution in [0.5, 0.6) is 0 Å². The molecule has 0 bridgehead atoms. The Balaban J connectivity index is 2.10. The highest BCUT2D eigenvalue weighted by Crippen LogP contribution is 2.33. The van der Waals surface area contributed by atoms with Crippen LogP contribution in [-0.4, -0.2) is 47.2 Å². The fourth-order valence-electron chi connectivity index (χ4n) is 2.51. The van der Waals surface area contributed by atoms with Gasteiger partial charge in [-0.05, 0) is 6.92 Å². The SMILES string of the molecule is CCN1C(=O)C2CN(C(=O)CC#N)CC2C1=O. The van der Waals surface area contributed by atoms with Crippen LogP contribution in [0.4, 0.5) is 0 Å². The third-order valence-electron chi connectivity index (χ3n) is 3.39. The predicted molar refractivity (Wildman–Crippen MR) is 56.2 cm³/mol. The summed E-state index contributed by atoms with van der Waals surface area (Å²) in [6.45, 7) is 2.69. The number of hydrogen-bond donors (Lipinski definition) is 0. The normalized spacial score (nSPS) is 27.3. The van der Waals surface area contributed by atoms with Gasteiger partial charge in [-0.25, -0.2) is 0 Å². The van der Waals surface area contributed by atoms with Crippen molar-refractivity contribution in [2.45, 2.75) is 13.3 Å². The molecule has 0 aromatic carbocycles. The molecule has 0 radical (unpaired) electrons. The first-order valence-electron chi connectivity index (χ1n) is 5.60. The maximum atomic E-state index is 11.9. The highest BCUT2D eigenvalue weighted by molar-refractivity contribution is 6.06. The van der Waals surface area contributed by atoms with Crippen molar-refractivity contribution in [1.29, 1.82) is 5.26 Å². The van der Waals surface area contributed by atoms with E-state index in [2.05, 4.69) is 0 Å². The Kier molecular flexibility index (Phi) is 2.84.